The molecular formula is C23H31F3N4O. The van der Waals surface area contributed by atoms with Crippen LogP contribution in [0.4, 0.5) is 19.0 Å². The average Bonchev–Trinajstić information content (AvgIpc) is 2.87. The number of para-hydroxylation sites is 1. The van der Waals surface area contributed by atoms with Gasteiger partial charge in [0.2, 0.25) is 0 Å². The fourth-order valence-corrected chi connectivity index (χ4v) is 3.70. The number of nitrogens with zero attached hydrogens (tertiary/aromatic N) is 3. The Labute approximate surface area is 182 Å². The first-order chi connectivity index (χ1) is 15.3. The van der Waals surface area contributed by atoms with E-state index in [2.05, 4.69) is 21.3 Å². The Morgan fingerprint density at radius 1 is 1.16 bits per heavy atom. The van der Waals surface area contributed by atoms with E-state index in [0.717, 1.165) is 57.0 Å². The van der Waals surface area contributed by atoms with Crippen molar-refractivity contribution in [2.75, 3.05) is 52.0 Å². The van der Waals surface area contributed by atoms with Gasteiger partial charge in [-0.05, 0) is 43.5 Å². The molecule has 31 heavy (non-hydrogen) atoms. The van der Waals surface area contributed by atoms with Crippen LogP contribution in [-0.2, 0) is 0 Å². The van der Waals surface area contributed by atoms with Crippen LogP contribution in [0.1, 0.15) is 25.0 Å². The maximum Gasteiger partial charge on any atom is 0.165 e. The Morgan fingerprint density at radius 3 is 2.71 bits per heavy atom. The molecule has 2 aliphatic heterocycles. The van der Waals surface area contributed by atoms with Crippen LogP contribution in [0.2, 0.25) is 0 Å². The Kier molecular flexibility index (Phi) is 10.9. The minimum absolute atomic E-state index is 0.307. The molecule has 1 N–H and O–H groups in total. The van der Waals surface area contributed by atoms with Crippen molar-refractivity contribution in [3.63, 3.8) is 0 Å². The van der Waals surface area contributed by atoms with E-state index in [-0.39, 0.29) is 5.82 Å². The van der Waals surface area contributed by atoms with Gasteiger partial charge in [0.1, 0.15) is 5.82 Å². The molecule has 1 unspecified atom stereocenters. The van der Waals surface area contributed by atoms with E-state index in [9.17, 15) is 13.2 Å². The van der Waals surface area contributed by atoms with Gasteiger partial charge in [0.15, 0.2) is 11.6 Å². The largest absolute Gasteiger partial charge is 0.490 e. The number of rotatable bonds is 5. The van der Waals surface area contributed by atoms with Crippen LogP contribution in [0.3, 0.4) is 0 Å². The van der Waals surface area contributed by atoms with Crippen LogP contribution in [0.5, 0.6) is 5.75 Å². The summed E-state index contributed by atoms with van der Waals surface area (Å²) in [4.78, 5) is 11.5. The van der Waals surface area contributed by atoms with Crippen molar-refractivity contribution in [2.24, 2.45) is 5.92 Å². The Hall–Kier alpha value is -2.61. The lowest BCUT2D eigenvalue weighted by molar-refractivity contribution is 0.220. The standard InChI is InChI=1S/C21H25FN4O.2CH3F/c22-18-5-1-2-6-20(18)27-15-16-4-3-11-26(14-16)21-13-24-12-19(25-21)17-7-9-23-10-8-17;2*1-2/h1-2,5-7,12-13,16,23H,3-4,8-11,14-15H2;2*1H3. The molecule has 4 rings (SSSR count). The third-order valence-electron chi connectivity index (χ3n) is 5.17. The topological polar surface area (TPSA) is 50.3 Å². The maximum atomic E-state index is 13.7. The minimum Gasteiger partial charge on any atom is -0.490 e. The second-order valence-electron chi connectivity index (χ2n) is 7.14. The summed E-state index contributed by atoms with van der Waals surface area (Å²) >= 11 is 0. The van der Waals surface area contributed by atoms with E-state index in [1.807, 2.05) is 12.4 Å². The number of alkyl halides is 2. The molecule has 1 atom stereocenters. The Morgan fingerprint density at radius 2 is 1.97 bits per heavy atom. The molecule has 0 saturated carbocycles. The molecule has 8 heteroatoms. The van der Waals surface area contributed by atoms with E-state index in [0.29, 0.717) is 32.6 Å². The molecule has 1 aromatic heterocycles. The third-order valence-corrected chi connectivity index (χ3v) is 5.17. The summed E-state index contributed by atoms with van der Waals surface area (Å²) < 4.78 is 38.5. The molecule has 0 bridgehead atoms. The van der Waals surface area contributed by atoms with Crippen LogP contribution in [0.15, 0.2) is 42.7 Å². The second kappa shape index (κ2) is 13.6. The molecule has 1 fully saturated rings. The monoisotopic (exact) mass is 436 g/mol. The van der Waals surface area contributed by atoms with Crippen molar-refractivity contribution >= 4 is 11.4 Å². The number of benzene rings is 1. The summed E-state index contributed by atoms with van der Waals surface area (Å²) in [5, 5.41) is 3.32. The molecular weight excluding hydrogens is 405 g/mol. The number of halogens is 3. The predicted octanol–water partition coefficient (Wildman–Crippen LogP) is 4.46. The van der Waals surface area contributed by atoms with Gasteiger partial charge in [-0.3, -0.25) is 13.8 Å². The summed E-state index contributed by atoms with van der Waals surface area (Å²) in [6.45, 7) is 4.21. The Bertz CT molecular complexity index is 819. The van der Waals surface area contributed by atoms with Gasteiger partial charge in [-0.2, -0.15) is 0 Å². The van der Waals surface area contributed by atoms with Gasteiger partial charge in [0, 0.05) is 25.6 Å². The van der Waals surface area contributed by atoms with E-state index in [1.165, 1.54) is 11.6 Å². The molecule has 5 nitrogen and oxygen atoms in total. The van der Waals surface area contributed by atoms with Crippen LogP contribution in [0, 0.1) is 11.7 Å². The quantitative estimate of drug-likeness (QED) is 0.750. The minimum atomic E-state index is -0.307. The highest BCUT2D eigenvalue weighted by molar-refractivity contribution is 5.64. The molecule has 2 aromatic rings. The zero-order chi connectivity index (χ0) is 22.5. The number of aromatic nitrogens is 2. The highest BCUT2D eigenvalue weighted by atomic mass is 19.1. The van der Waals surface area contributed by atoms with E-state index in [1.54, 1.807) is 18.2 Å². The van der Waals surface area contributed by atoms with Crippen molar-refractivity contribution in [1.82, 2.24) is 15.3 Å². The van der Waals surface area contributed by atoms with Crippen LogP contribution >= 0.6 is 0 Å². The molecule has 3 heterocycles. The fraction of sp³-hybridized carbons (Fsp3) is 0.478. The van der Waals surface area contributed by atoms with Gasteiger partial charge in [-0.25, -0.2) is 9.37 Å². The lowest BCUT2D eigenvalue weighted by atomic mass is 9.99. The third kappa shape index (κ3) is 7.24. The van der Waals surface area contributed by atoms with Gasteiger partial charge in [0.25, 0.3) is 0 Å². The highest BCUT2D eigenvalue weighted by Gasteiger charge is 2.22. The van der Waals surface area contributed by atoms with Crippen molar-refractivity contribution in [1.29, 1.82) is 0 Å². The molecule has 1 aromatic carbocycles. The van der Waals surface area contributed by atoms with Gasteiger partial charge in [-0.15, -0.1) is 0 Å². The predicted molar refractivity (Wildman–Crippen MR) is 118 cm³/mol. The van der Waals surface area contributed by atoms with Crippen LogP contribution < -0.4 is 15.0 Å². The number of hydrogen-bond donors (Lipinski definition) is 1. The number of piperidine rings is 1. The summed E-state index contributed by atoms with van der Waals surface area (Å²) in [6, 6.07) is 6.58. The number of anilines is 1. The number of nitrogens with one attached hydrogen (secondary N) is 1. The molecule has 0 aliphatic carbocycles. The molecule has 1 saturated heterocycles. The van der Waals surface area contributed by atoms with Gasteiger partial charge in [0.05, 0.1) is 39.0 Å². The van der Waals surface area contributed by atoms with Crippen LogP contribution in [0.25, 0.3) is 5.57 Å². The lowest BCUT2D eigenvalue weighted by Crippen LogP contribution is -2.38. The van der Waals surface area contributed by atoms with Gasteiger partial charge in [-0.1, -0.05) is 18.2 Å². The maximum absolute atomic E-state index is 13.7. The second-order valence-corrected chi connectivity index (χ2v) is 7.14. The van der Waals surface area contributed by atoms with Crippen molar-refractivity contribution < 1.29 is 17.9 Å². The normalized spacial score (nSPS) is 18.0. The summed E-state index contributed by atoms with van der Waals surface area (Å²) in [5.74, 6) is 1.29. The highest BCUT2D eigenvalue weighted by Crippen LogP contribution is 2.25. The van der Waals surface area contributed by atoms with Crippen molar-refractivity contribution in [3.05, 3.63) is 54.2 Å². The van der Waals surface area contributed by atoms with Gasteiger partial charge < -0.3 is 15.0 Å². The average molecular weight is 437 g/mol. The zero-order valence-corrected chi connectivity index (χ0v) is 18.2. The van der Waals surface area contributed by atoms with E-state index in [4.69, 9.17) is 9.72 Å². The summed E-state index contributed by atoms with van der Waals surface area (Å²) in [6.07, 6.45) is 9.02. The van der Waals surface area contributed by atoms with Crippen molar-refractivity contribution in [3.8, 4) is 5.75 Å². The molecule has 0 spiro atoms. The SMILES string of the molecule is CF.CF.Fc1ccccc1OCC1CCCN(c2cncc(C3=CCNCC3)n2)C1. The first kappa shape index (κ1) is 24.7. The molecule has 170 valence electrons. The first-order valence-corrected chi connectivity index (χ1v) is 10.4. The van der Waals surface area contributed by atoms with E-state index >= 15 is 0 Å². The summed E-state index contributed by atoms with van der Waals surface area (Å²) in [5.41, 5.74) is 2.23. The number of ether oxygens (including phenoxy) is 1. The smallest absolute Gasteiger partial charge is 0.165 e. The Balaban J connectivity index is 0.000000807. The fourth-order valence-electron chi connectivity index (χ4n) is 3.70. The first-order valence-electron chi connectivity index (χ1n) is 10.4. The number of hydrogen-bond acceptors (Lipinski definition) is 5. The molecule has 2 aliphatic rings. The zero-order valence-electron chi connectivity index (χ0n) is 18.2. The lowest BCUT2D eigenvalue weighted by Gasteiger charge is -2.33. The molecule has 0 amide bonds. The summed E-state index contributed by atoms with van der Waals surface area (Å²) in [7, 11) is 1.00. The van der Waals surface area contributed by atoms with Gasteiger partial charge >= 0.3 is 0 Å². The van der Waals surface area contributed by atoms with Crippen LogP contribution in [-0.4, -0.2) is 57.1 Å². The van der Waals surface area contributed by atoms with Crippen molar-refractivity contribution in [2.45, 2.75) is 19.3 Å². The van der Waals surface area contributed by atoms with E-state index < -0.39 is 0 Å². The molecule has 0 radical (unpaired) electrons.